The fourth-order valence-electron chi connectivity index (χ4n) is 2.65. The minimum Gasteiger partial charge on any atom is -0.256 e. The van der Waals surface area contributed by atoms with Crippen molar-refractivity contribution < 1.29 is 17.2 Å². The van der Waals surface area contributed by atoms with Crippen LogP contribution < -0.4 is 5.14 Å². The van der Waals surface area contributed by atoms with E-state index in [1.165, 1.54) is 6.20 Å². The maximum atomic E-state index is 14.2. The molecule has 4 nitrogen and oxygen atoms in total. The van der Waals surface area contributed by atoms with Gasteiger partial charge in [0.1, 0.15) is 11.6 Å². The molecule has 0 aliphatic heterocycles. The molecule has 0 aliphatic rings. The molecule has 3 rings (SSSR count). The molecule has 0 fully saturated rings. The number of benzene rings is 2. The third-order valence-electron chi connectivity index (χ3n) is 3.69. The highest BCUT2D eigenvalue weighted by Gasteiger charge is 2.22. The lowest BCUT2D eigenvalue weighted by atomic mass is 9.98. The summed E-state index contributed by atoms with van der Waals surface area (Å²) in [6, 6.07) is 12.9. The summed E-state index contributed by atoms with van der Waals surface area (Å²) in [5.41, 5.74) is 2.99. The van der Waals surface area contributed by atoms with Crippen LogP contribution in [-0.4, -0.2) is 13.4 Å². The van der Waals surface area contributed by atoms with E-state index in [2.05, 4.69) is 4.98 Å². The zero-order chi connectivity index (χ0) is 18.2. The minimum atomic E-state index is -4.50. The first kappa shape index (κ1) is 17.2. The van der Waals surface area contributed by atoms with Gasteiger partial charge < -0.3 is 0 Å². The summed E-state index contributed by atoms with van der Waals surface area (Å²) in [5.74, 6) is -2.50. The summed E-state index contributed by atoms with van der Waals surface area (Å²) in [6.45, 7) is 1.93. The van der Waals surface area contributed by atoms with Crippen molar-refractivity contribution in [3.63, 3.8) is 0 Å². The predicted octanol–water partition coefficient (Wildman–Crippen LogP) is 3.65. The summed E-state index contributed by atoms with van der Waals surface area (Å²) in [7, 11) is -4.50. The van der Waals surface area contributed by atoms with E-state index in [0.717, 1.165) is 23.3 Å². The molecule has 7 heteroatoms. The second kappa shape index (κ2) is 6.34. The Morgan fingerprint density at radius 1 is 0.960 bits per heavy atom. The van der Waals surface area contributed by atoms with Crippen molar-refractivity contribution in [1.82, 2.24) is 4.98 Å². The molecule has 0 saturated heterocycles. The SMILES string of the molecule is Cc1cccc(-c2cccnc2-c2cc(F)c(S(N)(=O)=O)c(F)c2)c1. The van der Waals surface area contributed by atoms with Crippen molar-refractivity contribution in [2.45, 2.75) is 11.8 Å². The van der Waals surface area contributed by atoms with Gasteiger partial charge in [-0.25, -0.2) is 22.3 Å². The van der Waals surface area contributed by atoms with Crippen molar-refractivity contribution in [2.75, 3.05) is 0 Å². The van der Waals surface area contributed by atoms with Crippen LogP contribution in [0.5, 0.6) is 0 Å². The fourth-order valence-corrected chi connectivity index (χ4v) is 3.31. The van der Waals surface area contributed by atoms with Gasteiger partial charge in [-0.05, 0) is 30.7 Å². The molecule has 0 bridgehead atoms. The highest BCUT2D eigenvalue weighted by molar-refractivity contribution is 7.89. The minimum absolute atomic E-state index is 0.125. The first-order valence-electron chi connectivity index (χ1n) is 7.31. The molecule has 2 N–H and O–H groups in total. The van der Waals surface area contributed by atoms with Gasteiger partial charge in [0.2, 0.25) is 10.0 Å². The third kappa shape index (κ3) is 3.42. The van der Waals surface area contributed by atoms with Crippen LogP contribution in [-0.2, 0) is 10.0 Å². The summed E-state index contributed by atoms with van der Waals surface area (Å²) >= 11 is 0. The largest absolute Gasteiger partial charge is 0.256 e. The van der Waals surface area contributed by atoms with E-state index in [1.54, 1.807) is 12.1 Å². The molecule has 0 spiro atoms. The molecule has 1 heterocycles. The number of pyridine rings is 1. The zero-order valence-corrected chi connectivity index (χ0v) is 14.0. The highest BCUT2D eigenvalue weighted by atomic mass is 32.2. The number of rotatable bonds is 3. The normalized spacial score (nSPS) is 11.5. The molecule has 2 aromatic carbocycles. The van der Waals surface area contributed by atoms with Gasteiger partial charge in [0.15, 0.2) is 4.90 Å². The lowest BCUT2D eigenvalue weighted by molar-refractivity contribution is 0.520. The number of nitrogens with zero attached hydrogens (tertiary/aromatic N) is 1. The van der Waals surface area contributed by atoms with Crippen LogP contribution in [0.2, 0.25) is 0 Å². The van der Waals surface area contributed by atoms with Gasteiger partial charge >= 0.3 is 0 Å². The average molecular weight is 360 g/mol. The van der Waals surface area contributed by atoms with E-state index in [0.29, 0.717) is 11.3 Å². The lowest BCUT2D eigenvalue weighted by Gasteiger charge is -2.11. The van der Waals surface area contributed by atoms with E-state index in [-0.39, 0.29) is 5.56 Å². The summed E-state index contributed by atoms with van der Waals surface area (Å²) in [6.07, 6.45) is 1.50. The highest BCUT2D eigenvalue weighted by Crippen LogP contribution is 2.33. The summed E-state index contributed by atoms with van der Waals surface area (Å²) < 4.78 is 51.0. The van der Waals surface area contributed by atoms with E-state index >= 15 is 0 Å². The molecule has 3 aromatic rings. The molecule has 0 atom stereocenters. The van der Waals surface area contributed by atoms with Crippen molar-refractivity contribution in [2.24, 2.45) is 5.14 Å². The number of aryl methyl sites for hydroxylation is 1. The van der Waals surface area contributed by atoms with E-state index in [9.17, 15) is 17.2 Å². The second-order valence-corrected chi connectivity index (χ2v) is 7.08. The maximum Gasteiger partial charge on any atom is 0.243 e. The smallest absolute Gasteiger partial charge is 0.243 e. The molecule has 0 amide bonds. The van der Waals surface area contributed by atoms with Gasteiger partial charge in [0, 0.05) is 17.3 Å². The number of aromatic nitrogens is 1. The Bertz CT molecular complexity index is 1040. The van der Waals surface area contributed by atoms with Crippen molar-refractivity contribution in [3.05, 3.63) is 71.9 Å². The molecular weight excluding hydrogens is 346 g/mol. The van der Waals surface area contributed by atoms with Crippen LogP contribution in [0.4, 0.5) is 8.78 Å². The van der Waals surface area contributed by atoms with Gasteiger partial charge in [-0.3, -0.25) is 4.98 Å². The number of hydrogen-bond donors (Lipinski definition) is 1. The van der Waals surface area contributed by atoms with E-state index in [4.69, 9.17) is 5.14 Å². The van der Waals surface area contributed by atoms with Crippen molar-refractivity contribution in [3.8, 4) is 22.4 Å². The molecule has 0 unspecified atom stereocenters. The van der Waals surface area contributed by atoms with Crippen molar-refractivity contribution >= 4 is 10.0 Å². The molecule has 0 saturated carbocycles. The first-order valence-corrected chi connectivity index (χ1v) is 8.86. The zero-order valence-electron chi connectivity index (χ0n) is 13.2. The van der Waals surface area contributed by atoms with Crippen molar-refractivity contribution in [1.29, 1.82) is 0 Å². The van der Waals surface area contributed by atoms with Gasteiger partial charge in [0.25, 0.3) is 0 Å². The molecule has 0 aliphatic carbocycles. The van der Waals surface area contributed by atoms with Crippen LogP contribution in [0.15, 0.2) is 59.6 Å². The Balaban J connectivity index is 2.22. The molecule has 1 aromatic heterocycles. The molecule has 0 radical (unpaired) electrons. The topological polar surface area (TPSA) is 73.0 Å². The van der Waals surface area contributed by atoms with Gasteiger partial charge in [0.05, 0.1) is 5.69 Å². The molecule has 128 valence electrons. The van der Waals surface area contributed by atoms with Crippen LogP contribution in [0.3, 0.4) is 0 Å². The monoisotopic (exact) mass is 360 g/mol. The second-order valence-electron chi connectivity index (χ2n) is 5.58. The number of nitrogens with two attached hydrogens (primary N) is 1. The standard InChI is InChI=1S/C18H14F2N2O2S/c1-11-4-2-5-12(8-11)14-6-3-7-22-17(14)13-9-15(19)18(16(20)10-13)25(21,23)24/h2-10H,1H3,(H2,21,23,24). The van der Waals surface area contributed by atoms with Gasteiger partial charge in [-0.1, -0.05) is 35.9 Å². The molecule has 25 heavy (non-hydrogen) atoms. The third-order valence-corrected chi connectivity index (χ3v) is 4.65. The quantitative estimate of drug-likeness (QED) is 0.775. The Kier molecular flexibility index (Phi) is 4.36. The molecular formula is C18H14F2N2O2S. The Morgan fingerprint density at radius 2 is 1.64 bits per heavy atom. The van der Waals surface area contributed by atoms with Crippen LogP contribution in [0, 0.1) is 18.6 Å². The van der Waals surface area contributed by atoms with E-state index < -0.39 is 26.6 Å². The average Bonchev–Trinajstić information content (AvgIpc) is 2.53. The predicted molar refractivity (Wildman–Crippen MR) is 91.1 cm³/mol. The number of primary sulfonamides is 1. The Labute approximate surface area is 144 Å². The lowest BCUT2D eigenvalue weighted by Crippen LogP contribution is -2.16. The maximum absolute atomic E-state index is 14.2. The Hall–Kier alpha value is -2.64. The van der Waals surface area contributed by atoms with Crippen LogP contribution in [0.25, 0.3) is 22.4 Å². The fraction of sp³-hybridized carbons (Fsp3) is 0.0556. The Morgan fingerprint density at radius 3 is 2.24 bits per heavy atom. The van der Waals surface area contributed by atoms with Gasteiger partial charge in [-0.2, -0.15) is 0 Å². The number of sulfonamides is 1. The van der Waals surface area contributed by atoms with E-state index in [1.807, 2.05) is 31.2 Å². The summed E-state index contributed by atoms with van der Waals surface area (Å²) in [5, 5.41) is 4.86. The van der Waals surface area contributed by atoms with Crippen LogP contribution >= 0.6 is 0 Å². The number of hydrogen-bond acceptors (Lipinski definition) is 3. The summed E-state index contributed by atoms with van der Waals surface area (Å²) in [4.78, 5) is 3.07. The first-order chi connectivity index (χ1) is 11.8. The number of halogens is 2. The van der Waals surface area contributed by atoms with Crippen LogP contribution in [0.1, 0.15) is 5.56 Å². The van der Waals surface area contributed by atoms with Gasteiger partial charge in [-0.15, -0.1) is 0 Å².